The minimum Gasteiger partial charge on any atom is -0.462 e. The molecule has 288 valence electrons. The summed E-state index contributed by atoms with van der Waals surface area (Å²) >= 11 is 0. The highest BCUT2D eigenvalue weighted by atomic mass is 19.4. The number of carbonyl (C=O) groups excluding carboxylic acids is 5. The van der Waals surface area contributed by atoms with Crippen molar-refractivity contribution >= 4 is 35.5 Å². The molecule has 1 fully saturated rings. The molecule has 0 radical (unpaired) electrons. The van der Waals surface area contributed by atoms with Crippen LogP contribution < -0.4 is 10.6 Å². The largest absolute Gasteiger partial charge is 0.462 e. The number of amides is 4. The van der Waals surface area contributed by atoms with Gasteiger partial charge in [0.1, 0.15) is 35.0 Å². The summed E-state index contributed by atoms with van der Waals surface area (Å²) in [5, 5.41) is 9.56. The highest BCUT2D eigenvalue weighted by Gasteiger charge is 2.56. The Morgan fingerprint density at radius 2 is 1.77 bits per heavy atom. The third kappa shape index (κ3) is 10.3. The molecule has 4 rings (SSSR count). The van der Waals surface area contributed by atoms with Gasteiger partial charge in [0.25, 0.3) is 5.91 Å². The van der Waals surface area contributed by atoms with Gasteiger partial charge in [-0.3, -0.25) is 19.4 Å². The number of aromatic nitrogens is 1. The van der Waals surface area contributed by atoms with Gasteiger partial charge in [0.15, 0.2) is 0 Å². The molecule has 2 aliphatic heterocycles. The summed E-state index contributed by atoms with van der Waals surface area (Å²) in [6, 6.07) is 6.96. The number of hydrazone groups is 1. The smallest absolute Gasteiger partial charge is 0.408 e. The number of hydrogen-bond donors (Lipinski definition) is 2. The molecule has 0 aliphatic carbocycles. The zero-order valence-electron chi connectivity index (χ0n) is 30.4. The number of aryl methyl sites for hydroxylation is 1. The lowest BCUT2D eigenvalue weighted by Gasteiger charge is -2.41. The van der Waals surface area contributed by atoms with Crippen LogP contribution in [0.4, 0.5) is 22.4 Å². The number of hydrogen-bond acceptors (Lipinski definition) is 9. The average Bonchev–Trinajstić information content (AvgIpc) is 3.30. The van der Waals surface area contributed by atoms with Gasteiger partial charge in [-0.1, -0.05) is 6.07 Å². The third-order valence-corrected chi connectivity index (χ3v) is 8.62. The molecule has 13 nitrogen and oxygen atoms in total. The van der Waals surface area contributed by atoms with Gasteiger partial charge in [-0.25, -0.2) is 19.0 Å². The molecule has 2 N–H and O–H groups in total. The van der Waals surface area contributed by atoms with Crippen molar-refractivity contribution in [1.29, 1.82) is 0 Å². The Hall–Kier alpha value is -5.09. The minimum atomic E-state index is -4.75. The van der Waals surface area contributed by atoms with E-state index in [1.807, 2.05) is 0 Å². The van der Waals surface area contributed by atoms with Gasteiger partial charge in [-0.15, -0.1) is 0 Å². The van der Waals surface area contributed by atoms with Gasteiger partial charge in [0.05, 0.1) is 17.9 Å². The lowest BCUT2D eigenvalue weighted by atomic mass is 9.74. The van der Waals surface area contributed by atoms with Crippen molar-refractivity contribution in [1.82, 2.24) is 25.5 Å². The monoisotopic (exact) mass is 748 g/mol. The topological polar surface area (TPSA) is 160 Å². The van der Waals surface area contributed by atoms with E-state index in [2.05, 4.69) is 20.7 Å². The van der Waals surface area contributed by atoms with Crippen molar-refractivity contribution in [3.05, 3.63) is 65.2 Å². The molecule has 1 aromatic carbocycles. The first-order valence-electron chi connectivity index (χ1n) is 17.1. The van der Waals surface area contributed by atoms with Crippen LogP contribution in [-0.2, 0) is 36.7 Å². The number of alkyl halides is 3. The van der Waals surface area contributed by atoms with Crippen LogP contribution in [0.25, 0.3) is 0 Å². The van der Waals surface area contributed by atoms with Crippen LogP contribution in [0.1, 0.15) is 76.0 Å². The maximum Gasteiger partial charge on any atom is 0.408 e. The summed E-state index contributed by atoms with van der Waals surface area (Å²) in [5.41, 5.74) is -3.40. The number of nitrogens with zero attached hydrogens (tertiary/aromatic N) is 4. The van der Waals surface area contributed by atoms with E-state index in [1.54, 1.807) is 45.9 Å². The molecule has 2 atom stereocenters. The number of carbonyl (C=O) groups is 5. The molecule has 3 heterocycles. The molecule has 2 aliphatic rings. The summed E-state index contributed by atoms with van der Waals surface area (Å²) in [5.74, 6) is -3.84. The number of fused-ring (bicyclic) bond motifs is 1. The highest BCUT2D eigenvalue weighted by molar-refractivity contribution is 6.14. The maximum atomic E-state index is 14.5. The number of esters is 1. The predicted molar refractivity (Wildman–Crippen MR) is 183 cm³/mol. The Kier molecular flexibility index (Phi) is 12.2. The van der Waals surface area contributed by atoms with Crippen molar-refractivity contribution < 1.29 is 51.0 Å². The maximum absolute atomic E-state index is 14.5. The van der Waals surface area contributed by atoms with Crippen molar-refractivity contribution in [3.63, 3.8) is 0 Å². The first-order chi connectivity index (χ1) is 24.6. The summed E-state index contributed by atoms with van der Waals surface area (Å²) < 4.78 is 65.3. The standard InChI is InChI=1S/C36H44F4N6O7/c1-7-52-29(48)25-13-12-23(37)18-22(25)11-14-26(42-30(49)34(5,6)43-32(51)53-33(2,3)4)28(47)45-17-15-27-35(20-45,19-24-10-8-9-16-41-24)31(50)46(44-27)21-36(38,39)40/h8-10,12-13,16,18,26H,7,11,14-15,17,19-21H2,1-6H3,(H,42,49)(H,43,51). The van der Waals surface area contributed by atoms with Gasteiger partial charge < -0.3 is 25.0 Å². The van der Waals surface area contributed by atoms with Gasteiger partial charge in [0, 0.05) is 37.8 Å². The molecule has 0 saturated carbocycles. The van der Waals surface area contributed by atoms with Crippen molar-refractivity contribution in [3.8, 4) is 0 Å². The Morgan fingerprint density at radius 1 is 1.06 bits per heavy atom. The zero-order valence-corrected chi connectivity index (χ0v) is 30.4. The molecule has 1 saturated heterocycles. The van der Waals surface area contributed by atoms with Crippen molar-refractivity contribution in [2.45, 2.75) is 90.6 Å². The second-order valence-corrected chi connectivity index (χ2v) is 14.5. The van der Waals surface area contributed by atoms with Crippen LogP contribution in [0.2, 0.25) is 0 Å². The molecular formula is C36H44F4N6O7. The van der Waals surface area contributed by atoms with E-state index in [-0.39, 0.29) is 62.2 Å². The summed E-state index contributed by atoms with van der Waals surface area (Å²) in [7, 11) is 0. The molecule has 0 bridgehead atoms. The fourth-order valence-electron chi connectivity index (χ4n) is 6.17. The van der Waals surface area contributed by atoms with Crippen molar-refractivity contribution in [2.24, 2.45) is 10.5 Å². The van der Waals surface area contributed by atoms with E-state index < -0.39 is 70.9 Å². The van der Waals surface area contributed by atoms with Crippen LogP contribution in [0.3, 0.4) is 0 Å². The molecule has 17 heteroatoms. The fourth-order valence-corrected chi connectivity index (χ4v) is 6.17. The number of halogens is 4. The van der Waals surface area contributed by atoms with E-state index >= 15 is 0 Å². The van der Waals surface area contributed by atoms with Crippen LogP contribution in [0.15, 0.2) is 47.7 Å². The first kappa shape index (κ1) is 40.7. The number of benzene rings is 1. The van der Waals surface area contributed by atoms with Gasteiger partial charge in [-0.05, 0) is 90.3 Å². The molecule has 2 aromatic rings. The van der Waals surface area contributed by atoms with E-state index in [4.69, 9.17) is 9.47 Å². The second-order valence-electron chi connectivity index (χ2n) is 14.5. The number of nitrogens with one attached hydrogen (secondary N) is 2. The second kappa shape index (κ2) is 15.9. The summed E-state index contributed by atoms with van der Waals surface area (Å²) in [4.78, 5) is 72.8. The number of rotatable bonds is 12. The first-order valence-corrected chi connectivity index (χ1v) is 17.1. The van der Waals surface area contributed by atoms with Crippen LogP contribution in [0.5, 0.6) is 0 Å². The zero-order chi connectivity index (χ0) is 39.4. The molecule has 1 aromatic heterocycles. The summed E-state index contributed by atoms with van der Waals surface area (Å²) in [6.45, 7) is 7.27. The molecule has 53 heavy (non-hydrogen) atoms. The van der Waals surface area contributed by atoms with Gasteiger partial charge in [0.2, 0.25) is 11.8 Å². The van der Waals surface area contributed by atoms with E-state index in [0.29, 0.717) is 10.7 Å². The summed E-state index contributed by atoms with van der Waals surface area (Å²) in [6.07, 6.45) is -4.69. The van der Waals surface area contributed by atoms with Crippen LogP contribution in [-0.4, -0.2) is 100.0 Å². The predicted octanol–water partition coefficient (Wildman–Crippen LogP) is 4.34. The molecule has 2 unspecified atom stereocenters. The lowest BCUT2D eigenvalue weighted by molar-refractivity contribution is -0.164. The van der Waals surface area contributed by atoms with Gasteiger partial charge in [-0.2, -0.15) is 18.3 Å². The molecule has 4 amide bonds. The number of pyridine rings is 1. The molecular weight excluding hydrogens is 704 g/mol. The highest BCUT2D eigenvalue weighted by Crippen LogP contribution is 2.39. The quantitative estimate of drug-likeness (QED) is 0.240. The number of likely N-dealkylation sites (tertiary alicyclic amines) is 1. The molecule has 0 spiro atoms. The Labute approximate surface area is 304 Å². The van der Waals surface area contributed by atoms with Crippen LogP contribution >= 0.6 is 0 Å². The Bertz CT molecular complexity index is 1750. The average molecular weight is 749 g/mol. The third-order valence-electron chi connectivity index (χ3n) is 8.62. The normalized spacial score (nSPS) is 18.2. The lowest BCUT2D eigenvalue weighted by Crippen LogP contribution is -2.62. The Morgan fingerprint density at radius 3 is 2.40 bits per heavy atom. The van der Waals surface area contributed by atoms with E-state index in [9.17, 15) is 41.5 Å². The number of ether oxygens (including phenoxy) is 2. The fraction of sp³-hybridized carbons (Fsp3) is 0.528. The SMILES string of the molecule is CCOC(=O)c1ccc(F)cc1CCC(NC(=O)C(C)(C)NC(=O)OC(C)(C)C)C(=O)N1CCC2=NN(CC(F)(F)F)C(=O)C2(Cc2ccccn2)C1. The van der Waals surface area contributed by atoms with Crippen molar-refractivity contribution in [2.75, 3.05) is 26.2 Å². The minimum absolute atomic E-state index is 0.0478. The number of piperidine rings is 1. The Balaban J connectivity index is 1.67. The van der Waals surface area contributed by atoms with Crippen LogP contribution in [0, 0.1) is 11.2 Å². The van der Waals surface area contributed by atoms with E-state index in [1.165, 1.54) is 31.0 Å². The number of alkyl carbamates (subject to hydrolysis) is 1. The van der Waals surface area contributed by atoms with Gasteiger partial charge >= 0.3 is 18.2 Å². The van der Waals surface area contributed by atoms with E-state index in [0.717, 1.165) is 12.1 Å².